The molecule has 2 aromatic carbocycles. The number of benzene rings is 2. The van der Waals surface area contributed by atoms with Gasteiger partial charge in [-0.25, -0.2) is 0 Å². The van der Waals surface area contributed by atoms with Crippen molar-refractivity contribution < 1.29 is 14.1 Å². The summed E-state index contributed by atoms with van der Waals surface area (Å²) in [4.78, 5) is 19.3. The van der Waals surface area contributed by atoms with Gasteiger partial charge < -0.3 is 14.2 Å². The largest absolute Gasteiger partial charge is 0.497 e. The molecule has 152 valence electrons. The summed E-state index contributed by atoms with van der Waals surface area (Å²) >= 11 is 0. The zero-order valence-electron chi connectivity index (χ0n) is 17.2. The monoisotopic (exact) mass is 393 g/mol. The van der Waals surface area contributed by atoms with Gasteiger partial charge in [0.2, 0.25) is 11.7 Å². The van der Waals surface area contributed by atoms with Crippen molar-refractivity contribution in [2.45, 2.75) is 33.1 Å². The molecule has 0 aliphatic heterocycles. The van der Waals surface area contributed by atoms with Crippen LogP contribution in [-0.4, -0.2) is 41.1 Å². The number of hydrogen-bond acceptors (Lipinski definition) is 5. The topological polar surface area (TPSA) is 68.5 Å². The number of aromatic nitrogens is 2. The van der Waals surface area contributed by atoms with Crippen LogP contribution in [0, 0.1) is 6.92 Å². The van der Waals surface area contributed by atoms with Crippen LogP contribution >= 0.6 is 0 Å². The Hall–Kier alpha value is -3.15. The highest BCUT2D eigenvalue weighted by molar-refractivity contribution is 5.94. The molecule has 0 bridgehead atoms. The van der Waals surface area contributed by atoms with Gasteiger partial charge in [0, 0.05) is 30.6 Å². The molecule has 0 aliphatic rings. The summed E-state index contributed by atoms with van der Waals surface area (Å²) in [6.45, 7) is 5.37. The van der Waals surface area contributed by atoms with Gasteiger partial charge in [-0.15, -0.1) is 0 Å². The van der Waals surface area contributed by atoms with E-state index in [2.05, 4.69) is 17.1 Å². The predicted molar refractivity (Wildman–Crippen MR) is 112 cm³/mol. The number of aryl methyl sites for hydroxylation is 1. The van der Waals surface area contributed by atoms with Gasteiger partial charge in [0.25, 0.3) is 5.91 Å². The van der Waals surface area contributed by atoms with Gasteiger partial charge in [0.1, 0.15) is 5.75 Å². The van der Waals surface area contributed by atoms with Crippen molar-refractivity contribution in [3.8, 4) is 17.1 Å². The van der Waals surface area contributed by atoms with Gasteiger partial charge in [-0.05, 0) is 37.6 Å². The lowest BCUT2D eigenvalue weighted by Gasteiger charge is -2.22. The Morgan fingerprint density at radius 1 is 1.14 bits per heavy atom. The molecule has 0 saturated heterocycles. The quantitative estimate of drug-likeness (QED) is 0.534. The smallest absolute Gasteiger partial charge is 0.253 e. The van der Waals surface area contributed by atoms with E-state index in [4.69, 9.17) is 9.26 Å². The fourth-order valence-corrected chi connectivity index (χ4v) is 3.01. The second-order valence-electron chi connectivity index (χ2n) is 7.01. The van der Waals surface area contributed by atoms with Crippen LogP contribution in [0.1, 0.15) is 41.6 Å². The number of methoxy groups -OCH3 is 1. The Kier molecular flexibility index (Phi) is 7.00. The van der Waals surface area contributed by atoms with Crippen molar-refractivity contribution in [3.63, 3.8) is 0 Å². The first-order chi connectivity index (χ1) is 14.1. The van der Waals surface area contributed by atoms with Crippen LogP contribution in [-0.2, 0) is 6.42 Å². The summed E-state index contributed by atoms with van der Waals surface area (Å²) in [6.07, 6.45) is 2.49. The minimum Gasteiger partial charge on any atom is -0.497 e. The number of nitrogens with zero attached hydrogens (tertiary/aromatic N) is 3. The van der Waals surface area contributed by atoms with E-state index in [1.54, 1.807) is 7.11 Å². The Bertz CT molecular complexity index is 935. The molecule has 3 rings (SSSR count). The maximum atomic E-state index is 12.9. The molecule has 6 nitrogen and oxygen atoms in total. The number of carbonyl (C=O) groups excluding carboxylic acids is 1. The molecule has 0 fully saturated rings. The summed E-state index contributed by atoms with van der Waals surface area (Å²) < 4.78 is 10.7. The molecule has 0 atom stereocenters. The van der Waals surface area contributed by atoms with E-state index in [-0.39, 0.29) is 5.91 Å². The first-order valence-electron chi connectivity index (χ1n) is 9.93. The van der Waals surface area contributed by atoms with Crippen LogP contribution in [0.15, 0.2) is 53.1 Å². The molecule has 1 aromatic heterocycles. The van der Waals surface area contributed by atoms with E-state index >= 15 is 0 Å². The minimum atomic E-state index is 0.0333. The van der Waals surface area contributed by atoms with Crippen molar-refractivity contribution in [2.24, 2.45) is 0 Å². The normalized spacial score (nSPS) is 10.7. The highest BCUT2D eigenvalue weighted by Crippen LogP contribution is 2.21. The molecule has 29 heavy (non-hydrogen) atoms. The second-order valence-corrected chi connectivity index (χ2v) is 7.01. The van der Waals surface area contributed by atoms with Crippen molar-refractivity contribution in [3.05, 3.63) is 65.5 Å². The maximum absolute atomic E-state index is 12.9. The molecule has 0 saturated carbocycles. The average Bonchev–Trinajstić information content (AvgIpc) is 3.23. The molecule has 0 spiro atoms. The Morgan fingerprint density at radius 2 is 1.93 bits per heavy atom. The number of ether oxygens (including phenoxy) is 1. The summed E-state index contributed by atoms with van der Waals surface area (Å²) in [7, 11) is 1.62. The van der Waals surface area contributed by atoms with Gasteiger partial charge in [-0.2, -0.15) is 4.98 Å². The molecule has 0 aliphatic carbocycles. The summed E-state index contributed by atoms with van der Waals surface area (Å²) in [5, 5.41) is 4.07. The van der Waals surface area contributed by atoms with Crippen LogP contribution < -0.4 is 4.74 Å². The summed E-state index contributed by atoms with van der Waals surface area (Å²) in [5.74, 6) is 1.80. The van der Waals surface area contributed by atoms with E-state index in [1.165, 1.54) is 0 Å². The lowest BCUT2D eigenvalue weighted by molar-refractivity contribution is 0.0752. The fraction of sp³-hybridized carbons (Fsp3) is 0.348. The van der Waals surface area contributed by atoms with Gasteiger partial charge >= 0.3 is 0 Å². The molecule has 3 aromatic rings. The van der Waals surface area contributed by atoms with Gasteiger partial charge in [-0.1, -0.05) is 48.3 Å². The first kappa shape index (κ1) is 20.6. The standard InChI is InChI=1S/C23H27N3O3/c1-4-5-14-26(23(27)18-11-9-17(2)10-12-18)15-13-21-24-22(25-29-21)19-7-6-8-20(16-19)28-3/h6-12,16H,4-5,13-15H2,1-3H3. The van der Waals surface area contributed by atoms with Crippen molar-refractivity contribution in [2.75, 3.05) is 20.2 Å². The maximum Gasteiger partial charge on any atom is 0.253 e. The molecule has 0 N–H and O–H groups in total. The van der Waals surface area contributed by atoms with E-state index in [0.29, 0.717) is 36.8 Å². The molecule has 1 amide bonds. The van der Waals surface area contributed by atoms with Crippen molar-refractivity contribution in [1.82, 2.24) is 15.0 Å². The summed E-state index contributed by atoms with van der Waals surface area (Å²) in [6, 6.07) is 15.2. The number of unbranched alkanes of at least 4 members (excludes halogenated alkanes) is 1. The van der Waals surface area contributed by atoms with E-state index in [1.807, 2.05) is 60.4 Å². The van der Waals surface area contributed by atoms with E-state index in [9.17, 15) is 4.79 Å². The van der Waals surface area contributed by atoms with Gasteiger partial charge in [-0.3, -0.25) is 4.79 Å². The lowest BCUT2D eigenvalue weighted by atomic mass is 10.1. The summed E-state index contributed by atoms with van der Waals surface area (Å²) in [5.41, 5.74) is 2.67. The van der Waals surface area contributed by atoms with Crippen LogP contribution in [0.4, 0.5) is 0 Å². The number of rotatable bonds is 9. The average molecular weight is 393 g/mol. The SMILES string of the molecule is CCCCN(CCc1nc(-c2cccc(OC)c2)no1)C(=O)c1ccc(C)cc1. The Balaban J connectivity index is 1.68. The van der Waals surface area contributed by atoms with Gasteiger partial charge in [0.15, 0.2) is 0 Å². The molecular weight excluding hydrogens is 366 g/mol. The number of hydrogen-bond donors (Lipinski definition) is 0. The second kappa shape index (κ2) is 9.87. The molecule has 1 heterocycles. The molecule has 6 heteroatoms. The Labute approximate surface area is 171 Å². The number of amides is 1. The van der Waals surface area contributed by atoms with Crippen LogP contribution in [0.2, 0.25) is 0 Å². The lowest BCUT2D eigenvalue weighted by Crippen LogP contribution is -2.34. The third-order valence-electron chi connectivity index (χ3n) is 4.76. The third kappa shape index (κ3) is 5.44. The van der Waals surface area contributed by atoms with Gasteiger partial charge in [0.05, 0.1) is 7.11 Å². The molecule has 0 unspecified atom stereocenters. The number of carbonyl (C=O) groups is 1. The van der Waals surface area contributed by atoms with Crippen molar-refractivity contribution in [1.29, 1.82) is 0 Å². The zero-order chi connectivity index (χ0) is 20.6. The molecule has 0 radical (unpaired) electrons. The highest BCUT2D eigenvalue weighted by Gasteiger charge is 2.17. The fourth-order valence-electron chi connectivity index (χ4n) is 3.01. The van der Waals surface area contributed by atoms with Crippen LogP contribution in [0.3, 0.4) is 0 Å². The van der Waals surface area contributed by atoms with Crippen LogP contribution in [0.5, 0.6) is 5.75 Å². The minimum absolute atomic E-state index is 0.0333. The third-order valence-corrected chi connectivity index (χ3v) is 4.76. The highest BCUT2D eigenvalue weighted by atomic mass is 16.5. The zero-order valence-corrected chi connectivity index (χ0v) is 17.2. The van der Waals surface area contributed by atoms with Crippen molar-refractivity contribution >= 4 is 5.91 Å². The van der Waals surface area contributed by atoms with E-state index in [0.717, 1.165) is 29.7 Å². The van der Waals surface area contributed by atoms with Crippen LogP contribution in [0.25, 0.3) is 11.4 Å². The molecular formula is C23H27N3O3. The first-order valence-corrected chi connectivity index (χ1v) is 9.93. The van der Waals surface area contributed by atoms with E-state index < -0.39 is 0 Å². The Morgan fingerprint density at radius 3 is 2.66 bits per heavy atom. The predicted octanol–water partition coefficient (Wildman–Crippen LogP) is 4.54.